The van der Waals surface area contributed by atoms with Gasteiger partial charge in [-0.3, -0.25) is 13.7 Å². The molecule has 0 spiro atoms. The van der Waals surface area contributed by atoms with Crippen LogP contribution < -0.4 is 9.30 Å². The highest BCUT2D eigenvalue weighted by Gasteiger charge is 2.30. The van der Waals surface area contributed by atoms with Crippen LogP contribution in [-0.4, -0.2) is 14.1 Å². The summed E-state index contributed by atoms with van der Waals surface area (Å²) in [5, 5.41) is 1.86. The van der Waals surface area contributed by atoms with Crippen LogP contribution in [0, 0.1) is 20.0 Å². The molecular weight excluding hydrogens is 1080 g/mol. The fraction of sp³-hybridized carbons (Fsp3) is 0.0714. The molecule has 1 aliphatic rings. The van der Waals surface area contributed by atoms with Gasteiger partial charge in [-0.25, -0.2) is 4.98 Å². The van der Waals surface area contributed by atoms with Crippen molar-refractivity contribution in [2.45, 2.75) is 39.9 Å². The molecule has 424 valence electrons. The van der Waals surface area contributed by atoms with E-state index in [0.717, 1.165) is 27.4 Å². The Morgan fingerprint density at radius 1 is 0.449 bits per heavy atom. The summed E-state index contributed by atoms with van der Waals surface area (Å²) in [6, 6.07) is 34.2. The van der Waals surface area contributed by atoms with Crippen molar-refractivity contribution in [2.24, 2.45) is 0 Å². The average molecular weight is 1170 g/mol. The van der Waals surface area contributed by atoms with Gasteiger partial charge in [-0.05, 0) is 198 Å². The molecule has 0 bridgehead atoms. The summed E-state index contributed by atoms with van der Waals surface area (Å²) in [5.74, 6) is 1.32. The summed E-state index contributed by atoms with van der Waals surface area (Å²) in [5.41, 5.74) is 0.414. The largest absolute Gasteiger partial charge is 0.458 e. The molecule has 16 rings (SSSR count). The van der Waals surface area contributed by atoms with Crippen molar-refractivity contribution in [3.8, 4) is 118 Å². The number of hydrogen-bond donors (Lipinski definition) is 0. The lowest BCUT2D eigenvalue weighted by molar-refractivity contribution is -0.570. The first-order chi connectivity index (χ1) is 53.5. The number of para-hydroxylation sites is 2. The number of nitrogens with zero attached hydrogens (tertiary/aromatic N) is 4. The maximum atomic E-state index is 10.5. The van der Waals surface area contributed by atoms with Crippen molar-refractivity contribution in [3.05, 3.63) is 308 Å². The van der Waals surface area contributed by atoms with E-state index < -0.39 is 150 Å². The van der Waals surface area contributed by atoms with E-state index in [-0.39, 0.29) is 89.2 Å². The smallest absolute Gasteiger partial charge is 0.269 e. The highest BCUT2D eigenvalue weighted by molar-refractivity contribution is 6.10. The minimum atomic E-state index is -3.01. The molecule has 12 aromatic carbocycles. The minimum Gasteiger partial charge on any atom is -0.458 e. The zero-order valence-corrected chi connectivity index (χ0v) is 47.9. The molecule has 0 N–H and O–H groups in total. The first-order valence-corrected chi connectivity index (χ1v) is 28.7. The molecule has 0 saturated heterocycles. The number of imidazole rings is 1. The molecule has 0 radical (unpaired) electrons. The number of ether oxygens (including phenoxy) is 1. The Balaban J connectivity index is 1.08. The van der Waals surface area contributed by atoms with Gasteiger partial charge < -0.3 is 4.74 Å². The third-order valence-corrected chi connectivity index (χ3v) is 16.3. The number of benzene rings is 12. The van der Waals surface area contributed by atoms with Crippen LogP contribution in [0.5, 0.6) is 11.5 Å². The maximum absolute atomic E-state index is 10.5. The summed E-state index contributed by atoms with van der Waals surface area (Å²) in [7, 11) is 0. The highest BCUT2D eigenvalue weighted by Crippen LogP contribution is 2.50. The molecule has 3 aromatic heterocycles. The van der Waals surface area contributed by atoms with Gasteiger partial charge >= 0.3 is 0 Å². The Kier molecular flexibility index (Phi) is 8.09. The Labute approximate surface area is 553 Å². The molecule has 0 fully saturated rings. The highest BCUT2D eigenvalue weighted by atomic mass is 16.5. The number of aryl methyl sites for hydroxylation is 2. The average Bonchev–Trinajstić information content (AvgIpc) is 1.66. The lowest BCUT2D eigenvalue weighted by Crippen LogP contribution is -2.32. The van der Waals surface area contributed by atoms with Gasteiger partial charge in [0.05, 0.1) is 58.1 Å². The van der Waals surface area contributed by atoms with E-state index in [1.54, 1.807) is 112 Å². The molecule has 0 amide bonds. The van der Waals surface area contributed by atoms with E-state index in [4.69, 9.17) is 30.3 Å². The van der Waals surface area contributed by atoms with E-state index in [0.29, 0.717) is 28.3 Å². The van der Waals surface area contributed by atoms with Crippen LogP contribution in [0.25, 0.3) is 139 Å². The predicted octanol–water partition coefficient (Wildman–Crippen LogP) is 21.6. The molecular formula is C84H62N4O. The summed E-state index contributed by atoms with van der Waals surface area (Å²) < 4.78 is 234. The first-order valence-electron chi connectivity index (χ1n) is 40.7. The molecule has 15 aromatic rings. The second-order valence-electron chi connectivity index (χ2n) is 22.6. The first kappa shape index (κ1) is 33.7. The number of aromatic nitrogens is 4. The van der Waals surface area contributed by atoms with E-state index in [9.17, 15) is 12.3 Å². The van der Waals surface area contributed by atoms with Gasteiger partial charge in [0.1, 0.15) is 17.3 Å². The zero-order valence-electron chi connectivity index (χ0n) is 71.9. The van der Waals surface area contributed by atoms with Crippen molar-refractivity contribution in [2.75, 3.05) is 0 Å². The summed E-state index contributed by atoms with van der Waals surface area (Å²) in [6.45, 7) is 0.346. The predicted molar refractivity (Wildman–Crippen MR) is 368 cm³/mol. The molecule has 5 nitrogen and oxygen atoms in total. The van der Waals surface area contributed by atoms with Crippen molar-refractivity contribution in [1.29, 1.82) is 0 Å². The lowest BCUT2D eigenvalue weighted by atomic mass is 9.83. The Morgan fingerprint density at radius 3 is 1.72 bits per heavy atom. The fourth-order valence-electron chi connectivity index (χ4n) is 12.3. The van der Waals surface area contributed by atoms with E-state index >= 15 is 0 Å². The molecule has 5 heteroatoms. The summed E-state index contributed by atoms with van der Waals surface area (Å²) >= 11 is 0. The van der Waals surface area contributed by atoms with Crippen LogP contribution in [0.4, 0.5) is 0 Å². The Morgan fingerprint density at radius 2 is 1.02 bits per heavy atom. The van der Waals surface area contributed by atoms with Crippen LogP contribution >= 0.6 is 0 Å². The van der Waals surface area contributed by atoms with E-state index in [1.807, 2.05) is 48.5 Å². The molecule has 0 atom stereocenters. The van der Waals surface area contributed by atoms with Gasteiger partial charge in [0, 0.05) is 31.3 Å². The van der Waals surface area contributed by atoms with Crippen LogP contribution in [0.3, 0.4) is 0 Å². The third-order valence-electron chi connectivity index (χ3n) is 16.3. The van der Waals surface area contributed by atoms with Gasteiger partial charge in [0.2, 0.25) is 0 Å². The van der Waals surface area contributed by atoms with Gasteiger partial charge in [0.25, 0.3) is 6.33 Å². The van der Waals surface area contributed by atoms with Gasteiger partial charge in [0.15, 0.2) is 0 Å². The molecule has 89 heavy (non-hydrogen) atoms. The molecule has 0 aliphatic carbocycles. The second kappa shape index (κ2) is 21.4. The monoisotopic (exact) mass is 1170 g/mol. The van der Waals surface area contributed by atoms with Gasteiger partial charge in [-0.2, -0.15) is 0 Å². The quantitative estimate of drug-likeness (QED) is 0.107. The van der Waals surface area contributed by atoms with Crippen molar-refractivity contribution in [1.82, 2.24) is 14.1 Å². The number of rotatable bonds is 9. The summed E-state index contributed by atoms with van der Waals surface area (Å²) in [6.07, 6.45) is 5.39. The molecule has 0 unspecified atom stereocenters. The minimum absolute atomic E-state index is 0.00638. The SMILES string of the molecule is [2H]c1c([2H])c([2H])c(-c2cccc3c2-c2cccc(-c4c(C([2H])([2H])[2H])cccc4C([2H])([2H])[2H])c2-[n+]2[c-]n(-c4cccc(Oc5ccc6c7ccccc7n(-c7cc(C(C)(C)C)ccn7)c6c5)c4)c4cc(-c5c([2H])c(-c6c([2H])c([2H])c([2H])c([2H])c6[2H])c([2H])c(-c6c([2H])c([2H])c([2H])c([2H])c6[2H])c5[2H])cc(c42)-c2ccccc2-3)c([2H])c1[2H]. The third kappa shape index (κ3) is 9.24. The van der Waals surface area contributed by atoms with Gasteiger partial charge in [-0.15, -0.1) is 0 Å². The molecule has 0 saturated carbocycles. The standard InChI is InChI=1S/C84H62N4O/c1-54-23-19-24-55(2)80(54)73-38-22-39-74-81-67(58-29-13-8-14-30-58)36-21-37-72(81)68-33-15-16-34-69(68)75-48-62(61-46-59(56-25-9-6-10-26-56)45-60(47-61)57-27-11-7-12-28-57)49-78-83(75)87(82(73)74)53-86(78)64-31-20-32-65(51-64)89-66-41-42-71-70-35-17-18-40-76(70)88(77(71)52-66)79-50-63(43-44-85-79)84(3,4)5/h6-52H,1-5H3/i1D3,2D3,6D,7D,8D,9D,10D,11D,12D,13D,14D,25D,26D,27D,28D,29D,30D,45D,46D,47D. The lowest BCUT2D eigenvalue weighted by Gasteiger charge is -2.22. The van der Waals surface area contributed by atoms with Crippen LogP contribution in [0.1, 0.15) is 70.4 Å². The van der Waals surface area contributed by atoms with Crippen LogP contribution in [-0.2, 0) is 5.41 Å². The van der Waals surface area contributed by atoms with Crippen LogP contribution in [0.2, 0.25) is 0 Å². The zero-order chi connectivity index (χ0) is 80.6. The number of hydrogen-bond acceptors (Lipinski definition) is 2. The normalized spacial score (nSPS) is 16.0. The molecule has 4 heterocycles. The fourth-order valence-corrected chi connectivity index (χ4v) is 12.3. The maximum Gasteiger partial charge on any atom is 0.269 e. The number of pyridine rings is 1. The Bertz CT molecular complexity index is 6450. The van der Waals surface area contributed by atoms with Crippen LogP contribution in [0.15, 0.2) is 285 Å². The number of fused-ring (bicyclic) bond motifs is 10. The van der Waals surface area contributed by atoms with Crippen molar-refractivity contribution < 1.29 is 42.2 Å². The van der Waals surface area contributed by atoms with Crippen molar-refractivity contribution >= 4 is 32.8 Å². The van der Waals surface area contributed by atoms with Gasteiger partial charge in [-0.1, -0.05) is 221 Å². The van der Waals surface area contributed by atoms with Crippen molar-refractivity contribution in [3.63, 3.8) is 0 Å². The van der Waals surface area contributed by atoms with E-state index in [1.165, 1.54) is 18.2 Å². The van der Waals surface area contributed by atoms with E-state index in [2.05, 4.69) is 37.7 Å². The second-order valence-corrected chi connectivity index (χ2v) is 22.6. The topological polar surface area (TPSA) is 35.9 Å². The Hall–Kier alpha value is -11.1. The molecule has 1 aliphatic heterocycles. The summed E-state index contributed by atoms with van der Waals surface area (Å²) in [4.78, 5) is 4.88.